The summed E-state index contributed by atoms with van der Waals surface area (Å²) >= 11 is 0. The second-order valence-corrected chi connectivity index (χ2v) is 6.83. The van der Waals surface area contributed by atoms with E-state index in [1.54, 1.807) is 6.07 Å². The molecular weight excluding hydrogens is 341 g/mol. The fraction of sp³-hybridized carbons (Fsp3) is 0.273. The van der Waals surface area contributed by atoms with Crippen molar-refractivity contribution in [3.63, 3.8) is 0 Å². The number of halogens is 1. The number of carbonyl (C=O) groups excluding carboxylic acids is 1. The van der Waals surface area contributed by atoms with E-state index in [0.717, 1.165) is 55.0 Å². The summed E-state index contributed by atoms with van der Waals surface area (Å²) < 4.78 is 14.1. The van der Waals surface area contributed by atoms with E-state index in [4.69, 9.17) is 4.98 Å². The molecule has 138 valence electrons. The Morgan fingerprint density at radius 1 is 1.07 bits per heavy atom. The van der Waals surface area contributed by atoms with E-state index in [1.165, 1.54) is 12.1 Å². The van der Waals surface area contributed by atoms with Crippen molar-refractivity contribution in [3.8, 4) is 11.3 Å². The molecule has 4 nitrogen and oxygen atoms in total. The Morgan fingerprint density at radius 2 is 1.85 bits per heavy atom. The Morgan fingerprint density at radius 3 is 2.56 bits per heavy atom. The number of benzene rings is 2. The van der Waals surface area contributed by atoms with Gasteiger partial charge in [-0.25, -0.2) is 9.37 Å². The number of pyridine rings is 1. The number of fused-ring (bicyclic) bond motifs is 1. The summed E-state index contributed by atoms with van der Waals surface area (Å²) in [6.07, 6.45) is 0.533. The number of carbonyl (C=O) groups is 1. The van der Waals surface area contributed by atoms with Gasteiger partial charge in [-0.05, 0) is 30.1 Å². The maximum atomic E-state index is 14.1. The van der Waals surface area contributed by atoms with Crippen LogP contribution in [-0.4, -0.2) is 48.9 Å². The van der Waals surface area contributed by atoms with Crippen molar-refractivity contribution in [2.75, 3.05) is 37.6 Å². The molecule has 0 radical (unpaired) electrons. The predicted molar refractivity (Wildman–Crippen MR) is 107 cm³/mol. The summed E-state index contributed by atoms with van der Waals surface area (Å²) in [6, 6.07) is 14.8. The maximum Gasteiger partial charge on any atom is 0.152 e. The van der Waals surface area contributed by atoms with Gasteiger partial charge < -0.3 is 9.80 Å². The lowest BCUT2D eigenvalue weighted by molar-refractivity contribution is 0.112. The molecule has 0 aliphatic carbocycles. The number of aldehydes is 1. The molecule has 2 aromatic carbocycles. The fourth-order valence-corrected chi connectivity index (χ4v) is 3.63. The molecule has 0 amide bonds. The zero-order valence-electron chi connectivity index (χ0n) is 15.4. The van der Waals surface area contributed by atoms with Crippen LogP contribution in [0.15, 0.2) is 48.5 Å². The Balaban J connectivity index is 1.79. The molecule has 0 unspecified atom stereocenters. The summed E-state index contributed by atoms with van der Waals surface area (Å²) in [5, 5.41) is 2.19. The SMILES string of the molecule is CCN1CCN(c2nc(-c3ccc(C=O)c(F)c3)cc3ccccc23)CC1. The van der Waals surface area contributed by atoms with E-state index in [1.807, 2.05) is 18.2 Å². The maximum absolute atomic E-state index is 14.1. The van der Waals surface area contributed by atoms with E-state index in [2.05, 4.69) is 28.9 Å². The molecule has 0 spiro atoms. The molecule has 1 saturated heterocycles. The summed E-state index contributed by atoms with van der Waals surface area (Å²) in [6.45, 7) is 7.12. The van der Waals surface area contributed by atoms with Crippen LogP contribution in [0.25, 0.3) is 22.0 Å². The number of likely N-dealkylation sites (N-methyl/N-ethyl adjacent to an activating group) is 1. The van der Waals surface area contributed by atoms with Crippen molar-refractivity contribution in [1.29, 1.82) is 0 Å². The van der Waals surface area contributed by atoms with Crippen LogP contribution in [0.5, 0.6) is 0 Å². The topological polar surface area (TPSA) is 36.4 Å². The smallest absolute Gasteiger partial charge is 0.152 e. The van der Waals surface area contributed by atoms with Crippen LogP contribution in [0.1, 0.15) is 17.3 Å². The lowest BCUT2D eigenvalue weighted by Gasteiger charge is -2.35. The van der Waals surface area contributed by atoms with Gasteiger partial charge in [0.1, 0.15) is 11.6 Å². The molecule has 4 rings (SSSR count). The van der Waals surface area contributed by atoms with Gasteiger partial charge >= 0.3 is 0 Å². The van der Waals surface area contributed by atoms with Crippen LogP contribution in [0, 0.1) is 5.82 Å². The molecule has 1 fully saturated rings. The van der Waals surface area contributed by atoms with Crippen molar-refractivity contribution in [3.05, 3.63) is 59.9 Å². The van der Waals surface area contributed by atoms with Gasteiger partial charge in [-0.1, -0.05) is 37.3 Å². The van der Waals surface area contributed by atoms with Crippen molar-refractivity contribution in [2.45, 2.75) is 6.92 Å². The highest BCUT2D eigenvalue weighted by molar-refractivity contribution is 5.95. The lowest BCUT2D eigenvalue weighted by atomic mass is 10.0. The van der Waals surface area contributed by atoms with Crippen LogP contribution in [0.4, 0.5) is 10.2 Å². The summed E-state index contributed by atoms with van der Waals surface area (Å²) in [7, 11) is 0. The van der Waals surface area contributed by atoms with Crippen LogP contribution in [-0.2, 0) is 0 Å². The number of aromatic nitrogens is 1. The largest absolute Gasteiger partial charge is 0.354 e. The lowest BCUT2D eigenvalue weighted by Crippen LogP contribution is -2.46. The first-order valence-electron chi connectivity index (χ1n) is 9.32. The first kappa shape index (κ1) is 17.6. The minimum absolute atomic E-state index is 0.0652. The average Bonchev–Trinajstić information content (AvgIpc) is 2.73. The number of anilines is 1. The molecule has 5 heteroatoms. The van der Waals surface area contributed by atoms with Gasteiger partial charge in [-0.15, -0.1) is 0 Å². The molecular formula is C22H22FN3O. The van der Waals surface area contributed by atoms with E-state index in [9.17, 15) is 9.18 Å². The molecule has 1 aromatic heterocycles. The first-order chi connectivity index (χ1) is 13.2. The van der Waals surface area contributed by atoms with Crippen LogP contribution in [0.3, 0.4) is 0 Å². The number of nitrogens with zero attached hydrogens (tertiary/aromatic N) is 3. The van der Waals surface area contributed by atoms with E-state index in [0.29, 0.717) is 11.8 Å². The van der Waals surface area contributed by atoms with Gasteiger partial charge in [0, 0.05) is 37.1 Å². The van der Waals surface area contributed by atoms with Crippen molar-refractivity contribution in [2.24, 2.45) is 0 Å². The van der Waals surface area contributed by atoms with Gasteiger partial charge in [0.05, 0.1) is 11.3 Å². The number of rotatable bonds is 4. The predicted octanol–water partition coefficient (Wildman–Crippen LogP) is 4.00. The van der Waals surface area contributed by atoms with Gasteiger partial charge in [0.25, 0.3) is 0 Å². The molecule has 3 aromatic rings. The van der Waals surface area contributed by atoms with Gasteiger partial charge in [0.2, 0.25) is 0 Å². The number of hydrogen-bond acceptors (Lipinski definition) is 4. The molecule has 1 aliphatic rings. The third kappa shape index (κ3) is 3.43. The third-order valence-electron chi connectivity index (χ3n) is 5.26. The zero-order valence-corrected chi connectivity index (χ0v) is 15.4. The summed E-state index contributed by atoms with van der Waals surface area (Å²) in [5.41, 5.74) is 1.46. The second-order valence-electron chi connectivity index (χ2n) is 6.83. The van der Waals surface area contributed by atoms with Crippen LogP contribution >= 0.6 is 0 Å². The molecule has 0 bridgehead atoms. The van der Waals surface area contributed by atoms with Crippen molar-refractivity contribution < 1.29 is 9.18 Å². The van der Waals surface area contributed by atoms with Gasteiger partial charge in [-0.2, -0.15) is 0 Å². The fourth-order valence-electron chi connectivity index (χ4n) is 3.63. The average molecular weight is 363 g/mol. The van der Waals surface area contributed by atoms with E-state index < -0.39 is 5.82 Å². The molecule has 27 heavy (non-hydrogen) atoms. The Bertz CT molecular complexity index is 980. The highest BCUT2D eigenvalue weighted by Gasteiger charge is 2.20. The molecule has 0 saturated carbocycles. The number of piperazine rings is 1. The van der Waals surface area contributed by atoms with Crippen LogP contribution in [0.2, 0.25) is 0 Å². The van der Waals surface area contributed by atoms with Gasteiger partial charge in [-0.3, -0.25) is 4.79 Å². The van der Waals surface area contributed by atoms with Crippen LogP contribution < -0.4 is 4.90 Å². The molecule has 2 heterocycles. The second kappa shape index (κ2) is 7.45. The minimum atomic E-state index is -0.518. The zero-order chi connectivity index (χ0) is 18.8. The Labute approximate surface area is 158 Å². The van der Waals surface area contributed by atoms with E-state index in [-0.39, 0.29) is 5.56 Å². The van der Waals surface area contributed by atoms with E-state index >= 15 is 0 Å². The standard InChI is InChI=1S/C22H22FN3O/c1-2-25-9-11-26(12-10-25)22-19-6-4-3-5-16(19)14-21(24-22)17-7-8-18(15-27)20(23)13-17/h3-8,13-15H,2,9-12H2,1H3. The summed E-state index contributed by atoms with van der Waals surface area (Å²) in [4.78, 5) is 20.5. The summed E-state index contributed by atoms with van der Waals surface area (Å²) in [5.74, 6) is 0.425. The van der Waals surface area contributed by atoms with Crippen molar-refractivity contribution >= 4 is 22.9 Å². The number of hydrogen-bond donors (Lipinski definition) is 0. The normalized spacial score (nSPS) is 15.3. The monoisotopic (exact) mass is 363 g/mol. The first-order valence-corrected chi connectivity index (χ1v) is 9.32. The highest BCUT2D eigenvalue weighted by Crippen LogP contribution is 2.31. The Kier molecular flexibility index (Phi) is 4.86. The van der Waals surface area contributed by atoms with Crippen molar-refractivity contribution in [1.82, 2.24) is 9.88 Å². The quantitative estimate of drug-likeness (QED) is 0.657. The molecule has 1 aliphatic heterocycles. The molecule has 0 atom stereocenters. The highest BCUT2D eigenvalue weighted by atomic mass is 19.1. The van der Waals surface area contributed by atoms with Gasteiger partial charge in [0.15, 0.2) is 6.29 Å². The minimum Gasteiger partial charge on any atom is -0.354 e. The molecule has 0 N–H and O–H groups in total. The third-order valence-corrected chi connectivity index (χ3v) is 5.26. The Hall–Kier alpha value is -2.79.